The third kappa shape index (κ3) is 2.72. The smallest absolute Gasteiger partial charge is 0.376 e. The van der Waals surface area contributed by atoms with Crippen LogP contribution in [0.15, 0.2) is 24.3 Å². The molecule has 0 aliphatic carbocycles. The van der Waals surface area contributed by atoms with Crippen LogP contribution in [0.3, 0.4) is 0 Å². The van der Waals surface area contributed by atoms with Gasteiger partial charge in [-0.1, -0.05) is 25.7 Å². The van der Waals surface area contributed by atoms with E-state index in [9.17, 15) is 21.6 Å². The van der Waals surface area contributed by atoms with Crippen LogP contribution in [0.1, 0.15) is 25.0 Å². The van der Waals surface area contributed by atoms with Gasteiger partial charge in [0.1, 0.15) is 17.0 Å². The Labute approximate surface area is 145 Å². The maximum absolute atomic E-state index is 12.8. The topological polar surface area (TPSA) is 52.6 Å². The molecule has 0 amide bonds. The monoisotopic (exact) mass is 392 g/mol. The van der Waals surface area contributed by atoms with Crippen molar-refractivity contribution >= 4 is 23.4 Å². The SMILES string of the molecule is CC12C=CC(C)(O1)c1cc([Si](C)(C)C)c(OS(=O)(=O)C(F)(F)F)cc12. The van der Waals surface area contributed by atoms with Gasteiger partial charge in [0.2, 0.25) is 0 Å². The molecule has 2 bridgehead atoms. The van der Waals surface area contributed by atoms with Crippen molar-refractivity contribution in [2.45, 2.75) is 50.2 Å². The zero-order valence-electron chi connectivity index (χ0n) is 14.5. The van der Waals surface area contributed by atoms with E-state index in [1.807, 2.05) is 38.7 Å². The quantitative estimate of drug-likeness (QED) is 0.342. The molecule has 2 unspecified atom stereocenters. The Morgan fingerprint density at radius 3 is 1.96 bits per heavy atom. The van der Waals surface area contributed by atoms with E-state index in [1.165, 1.54) is 6.07 Å². The summed E-state index contributed by atoms with van der Waals surface area (Å²) < 4.78 is 71.9. The highest BCUT2D eigenvalue weighted by Crippen LogP contribution is 2.54. The Kier molecular flexibility index (Phi) is 3.61. The number of halogens is 3. The molecule has 25 heavy (non-hydrogen) atoms. The standard InChI is InChI=1S/C16H19F3O4SSi/c1-14-6-7-15(2,23-14)11-9-13(25(3,4)5)12(8-10(11)14)22-24(20,21)16(17,18)19/h6-9H,1-5H3. The van der Waals surface area contributed by atoms with Gasteiger partial charge < -0.3 is 8.92 Å². The molecule has 1 aromatic carbocycles. The van der Waals surface area contributed by atoms with Gasteiger partial charge in [-0.15, -0.1) is 0 Å². The second-order valence-corrected chi connectivity index (χ2v) is 14.4. The highest BCUT2D eigenvalue weighted by atomic mass is 32.2. The van der Waals surface area contributed by atoms with E-state index in [0.717, 1.165) is 5.56 Å². The Bertz CT molecular complexity index is 886. The number of fused-ring (bicyclic) bond motifs is 5. The molecule has 0 fully saturated rings. The number of hydrogen-bond acceptors (Lipinski definition) is 4. The van der Waals surface area contributed by atoms with Crippen LogP contribution in [0.4, 0.5) is 13.2 Å². The minimum absolute atomic E-state index is 0.260. The molecule has 2 aliphatic heterocycles. The molecule has 138 valence electrons. The molecule has 0 radical (unpaired) electrons. The van der Waals surface area contributed by atoms with Crippen molar-refractivity contribution in [1.29, 1.82) is 0 Å². The summed E-state index contributed by atoms with van der Waals surface area (Å²) in [6, 6.07) is 3.14. The summed E-state index contributed by atoms with van der Waals surface area (Å²) in [4.78, 5) is 0. The zero-order valence-corrected chi connectivity index (χ0v) is 16.3. The first kappa shape index (κ1) is 18.5. The maximum atomic E-state index is 12.8. The minimum Gasteiger partial charge on any atom is -0.376 e. The largest absolute Gasteiger partial charge is 0.534 e. The van der Waals surface area contributed by atoms with Crippen molar-refractivity contribution in [2.24, 2.45) is 0 Å². The van der Waals surface area contributed by atoms with Crippen molar-refractivity contribution in [3.63, 3.8) is 0 Å². The molecule has 3 rings (SSSR count). The van der Waals surface area contributed by atoms with E-state index >= 15 is 0 Å². The average Bonchev–Trinajstić information content (AvgIpc) is 2.83. The van der Waals surface area contributed by atoms with Crippen LogP contribution in [0, 0.1) is 0 Å². The van der Waals surface area contributed by atoms with Gasteiger partial charge in [-0.25, -0.2) is 0 Å². The first-order valence-corrected chi connectivity index (χ1v) is 12.6. The van der Waals surface area contributed by atoms with Crippen LogP contribution in [0.5, 0.6) is 5.75 Å². The summed E-state index contributed by atoms with van der Waals surface area (Å²) in [6.07, 6.45) is 3.74. The predicted octanol–water partition coefficient (Wildman–Crippen LogP) is 3.49. The predicted molar refractivity (Wildman–Crippen MR) is 90.0 cm³/mol. The number of benzene rings is 1. The third-order valence-electron chi connectivity index (χ3n) is 4.62. The first-order chi connectivity index (χ1) is 11.1. The molecule has 0 saturated heterocycles. The molecule has 0 saturated carbocycles. The number of hydrogen-bond donors (Lipinski definition) is 0. The summed E-state index contributed by atoms with van der Waals surface area (Å²) in [7, 11) is -7.94. The van der Waals surface area contributed by atoms with E-state index in [0.29, 0.717) is 10.8 Å². The van der Waals surface area contributed by atoms with Crippen LogP contribution in [-0.4, -0.2) is 22.0 Å². The number of alkyl halides is 3. The van der Waals surface area contributed by atoms with Gasteiger partial charge in [0.05, 0.1) is 8.07 Å². The summed E-state index contributed by atoms with van der Waals surface area (Å²) in [5, 5.41) is 0.508. The van der Waals surface area contributed by atoms with E-state index < -0.39 is 34.9 Å². The lowest BCUT2D eigenvalue weighted by atomic mass is 9.83. The number of ether oxygens (including phenoxy) is 1. The summed E-state index contributed by atoms with van der Waals surface area (Å²) in [5.74, 6) is -0.260. The van der Waals surface area contributed by atoms with E-state index in [-0.39, 0.29) is 5.75 Å². The van der Waals surface area contributed by atoms with Gasteiger partial charge in [-0.2, -0.15) is 21.6 Å². The molecule has 0 spiro atoms. The molecule has 2 heterocycles. The van der Waals surface area contributed by atoms with Crippen molar-refractivity contribution in [2.75, 3.05) is 0 Å². The van der Waals surface area contributed by atoms with Gasteiger partial charge in [-0.3, -0.25) is 0 Å². The molecule has 0 N–H and O–H groups in total. The van der Waals surface area contributed by atoms with Gasteiger partial charge in [0.25, 0.3) is 0 Å². The zero-order chi connectivity index (χ0) is 19.1. The number of rotatable bonds is 3. The lowest BCUT2D eigenvalue weighted by molar-refractivity contribution is -0.0499. The van der Waals surface area contributed by atoms with Crippen molar-refractivity contribution in [3.05, 3.63) is 35.4 Å². The molecule has 0 aromatic heterocycles. The van der Waals surface area contributed by atoms with Gasteiger partial charge >= 0.3 is 15.6 Å². The van der Waals surface area contributed by atoms with Gasteiger partial charge in [0, 0.05) is 0 Å². The first-order valence-electron chi connectivity index (χ1n) is 7.70. The van der Waals surface area contributed by atoms with Crippen LogP contribution in [0.2, 0.25) is 19.6 Å². The molecule has 2 aliphatic rings. The van der Waals surface area contributed by atoms with E-state index in [2.05, 4.69) is 4.18 Å². The average molecular weight is 392 g/mol. The second-order valence-electron chi connectivity index (χ2n) is 7.78. The molecule has 9 heteroatoms. The molecular formula is C16H19F3O4SSi. The fourth-order valence-electron chi connectivity index (χ4n) is 3.34. The highest BCUT2D eigenvalue weighted by Gasteiger charge is 2.53. The van der Waals surface area contributed by atoms with Gasteiger partial charge in [0.15, 0.2) is 0 Å². The third-order valence-corrected chi connectivity index (χ3v) is 7.60. The molecule has 2 atom stereocenters. The van der Waals surface area contributed by atoms with Crippen molar-refractivity contribution < 1.29 is 30.5 Å². The van der Waals surface area contributed by atoms with E-state index in [1.54, 1.807) is 13.0 Å². The van der Waals surface area contributed by atoms with Crippen molar-refractivity contribution in [1.82, 2.24) is 0 Å². The lowest BCUT2D eigenvalue weighted by Gasteiger charge is -2.26. The normalized spacial score (nSPS) is 28.3. The van der Waals surface area contributed by atoms with Crippen LogP contribution in [0.25, 0.3) is 0 Å². The Morgan fingerprint density at radius 1 is 1.04 bits per heavy atom. The molecular weight excluding hydrogens is 373 g/mol. The summed E-state index contributed by atoms with van der Waals surface area (Å²) in [6.45, 7) is 9.40. The summed E-state index contributed by atoms with van der Waals surface area (Å²) >= 11 is 0. The Morgan fingerprint density at radius 2 is 1.52 bits per heavy atom. The highest BCUT2D eigenvalue weighted by molar-refractivity contribution is 7.88. The molecule has 1 aromatic rings. The summed E-state index contributed by atoms with van der Waals surface area (Å²) in [5.41, 5.74) is -5.48. The maximum Gasteiger partial charge on any atom is 0.534 e. The molecule has 4 nitrogen and oxygen atoms in total. The Hall–Kier alpha value is -1.32. The Balaban J connectivity index is 2.21. The fourth-order valence-corrected chi connectivity index (χ4v) is 5.32. The second kappa shape index (κ2) is 4.89. The minimum atomic E-state index is -5.74. The van der Waals surface area contributed by atoms with Crippen LogP contribution >= 0.6 is 0 Å². The van der Waals surface area contributed by atoms with Crippen LogP contribution < -0.4 is 9.37 Å². The van der Waals surface area contributed by atoms with Gasteiger partial charge in [-0.05, 0) is 48.4 Å². The van der Waals surface area contributed by atoms with Crippen molar-refractivity contribution in [3.8, 4) is 5.75 Å². The van der Waals surface area contributed by atoms with Crippen LogP contribution in [-0.2, 0) is 26.1 Å². The lowest BCUT2D eigenvalue weighted by Crippen LogP contribution is -2.41. The fraction of sp³-hybridized carbons (Fsp3) is 0.500. The van der Waals surface area contributed by atoms with E-state index in [4.69, 9.17) is 4.74 Å².